The Morgan fingerprint density at radius 1 is 0.909 bits per heavy atom. The highest BCUT2D eigenvalue weighted by Gasteiger charge is 2.13. The molecule has 0 spiro atoms. The molecule has 0 fully saturated rings. The van der Waals surface area contributed by atoms with Gasteiger partial charge in [-0.25, -0.2) is 4.79 Å². The summed E-state index contributed by atoms with van der Waals surface area (Å²) in [5.41, 5.74) is 2.38. The van der Waals surface area contributed by atoms with Crippen LogP contribution in [0.3, 0.4) is 0 Å². The molecule has 2 N–H and O–H groups in total. The molecule has 2 amide bonds. The van der Waals surface area contributed by atoms with Gasteiger partial charge in [0.25, 0.3) is 0 Å². The van der Waals surface area contributed by atoms with Crippen molar-refractivity contribution in [3.8, 4) is 0 Å². The molecule has 0 atom stereocenters. The van der Waals surface area contributed by atoms with E-state index in [9.17, 15) is 4.79 Å². The third-order valence-electron chi connectivity index (χ3n) is 3.21. The van der Waals surface area contributed by atoms with Crippen molar-refractivity contribution in [2.24, 2.45) is 0 Å². The summed E-state index contributed by atoms with van der Waals surface area (Å²) in [6.45, 7) is 6.42. The number of halogens is 2. The summed E-state index contributed by atoms with van der Waals surface area (Å²) in [7, 11) is 0. The van der Waals surface area contributed by atoms with E-state index in [0.29, 0.717) is 21.4 Å². The normalized spacial score (nSPS) is 11.1. The molecule has 2 rings (SSSR count). The van der Waals surface area contributed by atoms with E-state index < -0.39 is 6.03 Å². The van der Waals surface area contributed by atoms with Crippen LogP contribution in [0, 0.1) is 0 Å². The fourth-order valence-electron chi connectivity index (χ4n) is 1.95. The maximum Gasteiger partial charge on any atom is 0.323 e. The smallest absolute Gasteiger partial charge is 0.308 e. The van der Waals surface area contributed by atoms with Gasteiger partial charge in [0.2, 0.25) is 0 Å². The molecule has 0 saturated heterocycles. The highest BCUT2D eigenvalue weighted by atomic mass is 35.5. The molecule has 3 nitrogen and oxygen atoms in total. The molecule has 0 aliphatic heterocycles. The lowest BCUT2D eigenvalue weighted by atomic mass is 9.87. The Morgan fingerprint density at radius 2 is 1.45 bits per heavy atom. The van der Waals surface area contributed by atoms with E-state index in [2.05, 4.69) is 31.4 Å². The lowest BCUT2D eigenvalue weighted by Crippen LogP contribution is -2.20. The Hall–Kier alpha value is -1.71. The fraction of sp³-hybridized carbons (Fsp3) is 0.235. The third kappa shape index (κ3) is 4.15. The fourth-order valence-corrected chi connectivity index (χ4v) is 2.44. The average molecular weight is 337 g/mol. The van der Waals surface area contributed by atoms with E-state index in [-0.39, 0.29) is 5.41 Å². The molecule has 2 aromatic carbocycles. The van der Waals surface area contributed by atoms with Crippen molar-refractivity contribution in [1.29, 1.82) is 0 Å². The summed E-state index contributed by atoms with van der Waals surface area (Å²) in [5.74, 6) is 0. The van der Waals surface area contributed by atoms with Crippen LogP contribution in [0.4, 0.5) is 16.2 Å². The zero-order valence-electron chi connectivity index (χ0n) is 12.7. The SMILES string of the molecule is CC(C)(C)c1ccc(NC(=O)Nc2c(Cl)cccc2Cl)cc1. The minimum absolute atomic E-state index is 0.0753. The number of anilines is 2. The first kappa shape index (κ1) is 16.7. The van der Waals surface area contributed by atoms with E-state index in [4.69, 9.17) is 23.2 Å². The molecule has 0 bridgehead atoms. The first-order valence-electron chi connectivity index (χ1n) is 6.90. The quantitative estimate of drug-likeness (QED) is 0.700. The van der Waals surface area contributed by atoms with Crippen molar-refractivity contribution < 1.29 is 4.79 Å². The monoisotopic (exact) mass is 336 g/mol. The minimum Gasteiger partial charge on any atom is -0.308 e. The van der Waals surface area contributed by atoms with Gasteiger partial charge in [-0.15, -0.1) is 0 Å². The second kappa shape index (κ2) is 6.59. The average Bonchev–Trinajstić information content (AvgIpc) is 2.43. The molecule has 22 heavy (non-hydrogen) atoms. The van der Waals surface area contributed by atoms with Crippen LogP contribution in [-0.2, 0) is 5.41 Å². The van der Waals surface area contributed by atoms with Crippen LogP contribution in [0.25, 0.3) is 0 Å². The van der Waals surface area contributed by atoms with Crippen molar-refractivity contribution in [1.82, 2.24) is 0 Å². The van der Waals surface area contributed by atoms with E-state index in [1.165, 1.54) is 5.56 Å². The van der Waals surface area contributed by atoms with Crippen LogP contribution in [0.1, 0.15) is 26.3 Å². The number of carbonyl (C=O) groups is 1. The molecule has 0 aromatic heterocycles. The van der Waals surface area contributed by atoms with Crippen LogP contribution < -0.4 is 10.6 Å². The molecule has 0 unspecified atom stereocenters. The lowest BCUT2D eigenvalue weighted by molar-refractivity contribution is 0.262. The number of rotatable bonds is 2. The molecule has 116 valence electrons. The van der Waals surface area contributed by atoms with Gasteiger partial charge in [0.15, 0.2) is 0 Å². The van der Waals surface area contributed by atoms with Crippen LogP contribution in [0.5, 0.6) is 0 Å². The van der Waals surface area contributed by atoms with Crippen LogP contribution in [-0.4, -0.2) is 6.03 Å². The Bertz CT molecular complexity index is 656. The van der Waals surface area contributed by atoms with Crippen molar-refractivity contribution >= 4 is 40.6 Å². The van der Waals surface area contributed by atoms with E-state index >= 15 is 0 Å². The van der Waals surface area contributed by atoms with Crippen molar-refractivity contribution in [3.05, 3.63) is 58.1 Å². The van der Waals surface area contributed by atoms with Gasteiger partial charge < -0.3 is 10.6 Å². The Labute approximate surface area is 140 Å². The van der Waals surface area contributed by atoms with Gasteiger partial charge >= 0.3 is 6.03 Å². The summed E-state index contributed by atoms with van der Waals surface area (Å²) < 4.78 is 0. The lowest BCUT2D eigenvalue weighted by Gasteiger charge is -2.19. The maximum atomic E-state index is 12.0. The molecular weight excluding hydrogens is 319 g/mol. The van der Waals surface area contributed by atoms with Crippen LogP contribution in [0.2, 0.25) is 10.0 Å². The summed E-state index contributed by atoms with van der Waals surface area (Å²) >= 11 is 12.0. The zero-order valence-corrected chi connectivity index (χ0v) is 14.2. The summed E-state index contributed by atoms with van der Waals surface area (Å²) in [6, 6.07) is 12.4. The van der Waals surface area contributed by atoms with Gasteiger partial charge in [0, 0.05) is 5.69 Å². The second-order valence-electron chi connectivity index (χ2n) is 6.00. The number of nitrogens with one attached hydrogen (secondary N) is 2. The minimum atomic E-state index is -0.390. The van der Waals surface area contributed by atoms with Crippen molar-refractivity contribution in [2.75, 3.05) is 10.6 Å². The first-order valence-corrected chi connectivity index (χ1v) is 7.65. The van der Waals surface area contributed by atoms with Crippen LogP contribution in [0.15, 0.2) is 42.5 Å². The third-order valence-corrected chi connectivity index (χ3v) is 3.84. The van der Waals surface area contributed by atoms with E-state index in [1.807, 2.05) is 24.3 Å². The highest BCUT2D eigenvalue weighted by Crippen LogP contribution is 2.30. The van der Waals surface area contributed by atoms with Gasteiger partial charge in [-0.05, 0) is 35.2 Å². The number of hydrogen-bond donors (Lipinski definition) is 2. The van der Waals surface area contributed by atoms with Gasteiger partial charge in [-0.1, -0.05) is 62.2 Å². The highest BCUT2D eigenvalue weighted by molar-refractivity contribution is 6.39. The number of hydrogen-bond acceptors (Lipinski definition) is 1. The largest absolute Gasteiger partial charge is 0.323 e. The molecule has 0 aliphatic rings. The van der Waals surface area contributed by atoms with Crippen molar-refractivity contribution in [3.63, 3.8) is 0 Å². The summed E-state index contributed by atoms with van der Waals surface area (Å²) in [4.78, 5) is 12.0. The summed E-state index contributed by atoms with van der Waals surface area (Å²) in [6.07, 6.45) is 0. The second-order valence-corrected chi connectivity index (χ2v) is 6.82. The maximum absolute atomic E-state index is 12.0. The molecule has 5 heteroatoms. The number of urea groups is 1. The molecular formula is C17H18Cl2N2O. The molecule has 0 heterocycles. The van der Waals surface area contributed by atoms with Gasteiger partial charge in [-0.2, -0.15) is 0 Å². The Morgan fingerprint density at radius 3 is 1.95 bits per heavy atom. The van der Waals surface area contributed by atoms with E-state index in [1.54, 1.807) is 18.2 Å². The standard InChI is InChI=1S/C17H18Cl2N2O/c1-17(2,3)11-7-9-12(10-8-11)20-16(22)21-15-13(18)5-4-6-14(15)19/h4-10H,1-3H3,(H2,20,21,22). The topological polar surface area (TPSA) is 41.1 Å². The predicted molar refractivity (Wildman–Crippen MR) is 94.2 cm³/mol. The number of carbonyl (C=O) groups excluding carboxylic acids is 1. The summed E-state index contributed by atoms with van der Waals surface area (Å²) in [5, 5.41) is 6.20. The Balaban J connectivity index is 2.06. The zero-order chi connectivity index (χ0) is 16.3. The predicted octanol–water partition coefficient (Wildman–Crippen LogP) is 5.93. The van der Waals surface area contributed by atoms with Gasteiger partial charge in [0.05, 0.1) is 15.7 Å². The van der Waals surface area contributed by atoms with Gasteiger partial charge in [0.1, 0.15) is 0 Å². The number of amides is 2. The van der Waals surface area contributed by atoms with Crippen molar-refractivity contribution in [2.45, 2.75) is 26.2 Å². The van der Waals surface area contributed by atoms with E-state index in [0.717, 1.165) is 0 Å². The Kier molecular flexibility index (Phi) is 4.99. The van der Waals surface area contributed by atoms with Crippen LogP contribution >= 0.6 is 23.2 Å². The molecule has 0 radical (unpaired) electrons. The number of para-hydroxylation sites is 1. The first-order chi connectivity index (χ1) is 10.3. The molecule has 2 aromatic rings. The van der Waals surface area contributed by atoms with Gasteiger partial charge in [-0.3, -0.25) is 0 Å². The molecule has 0 saturated carbocycles. The number of benzene rings is 2. The molecule has 0 aliphatic carbocycles.